The summed E-state index contributed by atoms with van der Waals surface area (Å²) in [7, 11) is 1.91. The predicted octanol–water partition coefficient (Wildman–Crippen LogP) is 5.54. The van der Waals surface area contributed by atoms with Crippen LogP contribution in [0.1, 0.15) is 19.8 Å². The van der Waals surface area contributed by atoms with Crippen molar-refractivity contribution >= 4 is 23.1 Å². The maximum Gasteiger partial charge on any atom is 0.195 e. The largest absolute Gasteiger partial charge is 0.494 e. The van der Waals surface area contributed by atoms with Crippen LogP contribution in [-0.4, -0.2) is 26.4 Å². The van der Waals surface area contributed by atoms with Gasteiger partial charge < -0.3 is 9.30 Å². The standard InChI is InChI=1S/C22H22N4OS/c1-3-4-12-27-16-9-7-8-15(13-16)20-14-18(21-24-25-22(28)26(21)2)17-10-5-6-11-19(17)23-20/h5-11,13-14H,3-4,12H2,1-2H3,(H,25,28). The van der Waals surface area contributed by atoms with Gasteiger partial charge in [0.2, 0.25) is 0 Å². The number of pyridine rings is 1. The van der Waals surface area contributed by atoms with Crippen LogP contribution >= 0.6 is 12.2 Å². The first-order valence-corrected chi connectivity index (χ1v) is 9.83. The molecule has 6 heteroatoms. The van der Waals surface area contributed by atoms with Gasteiger partial charge >= 0.3 is 0 Å². The third kappa shape index (κ3) is 3.55. The van der Waals surface area contributed by atoms with E-state index in [1.807, 2.05) is 48.0 Å². The molecule has 142 valence electrons. The van der Waals surface area contributed by atoms with Crippen molar-refractivity contribution in [3.63, 3.8) is 0 Å². The Morgan fingerprint density at radius 1 is 1.11 bits per heavy atom. The molecule has 0 radical (unpaired) electrons. The molecule has 0 saturated heterocycles. The number of fused-ring (bicyclic) bond motifs is 1. The number of aromatic amines is 1. The van der Waals surface area contributed by atoms with Gasteiger partial charge in [0.1, 0.15) is 5.75 Å². The summed E-state index contributed by atoms with van der Waals surface area (Å²) in [5.74, 6) is 1.65. The molecule has 0 aliphatic rings. The van der Waals surface area contributed by atoms with Crippen molar-refractivity contribution in [3.05, 3.63) is 59.4 Å². The van der Waals surface area contributed by atoms with Crippen LogP contribution in [0.15, 0.2) is 54.6 Å². The molecule has 0 spiro atoms. The van der Waals surface area contributed by atoms with Gasteiger partial charge in [-0.25, -0.2) is 4.98 Å². The van der Waals surface area contributed by atoms with E-state index in [1.54, 1.807) is 0 Å². The van der Waals surface area contributed by atoms with E-state index in [2.05, 4.69) is 35.3 Å². The Labute approximate surface area is 169 Å². The summed E-state index contributed by atoms with van der Waals surface area (Å²) in [6, 6.07) is 18.2. The van der Waals surface area contributed by atoms with Crippen LogP contribution in [-0.2, 0) is 7.05 Å². The third-order valence-electron chi connectivity index (χ3n) is 4.73. The Bertz CT molecular complexity index is 1180. The van der Waals surface area contributed by atoms with Crippen LogP contribution < -0.4 is 4.74 Å². The van der Waals surface area contributed by atoms with Gasteiger partial charge in [0.05, 0.1) is 17.8 Å². The second-order valence-corrected chi connectivity index (χ2v) is 7.10. The highest BCUT2D eigenvalue weighted by atomic mass is 32.1. The molecule has 0 aliphatic heterocycles. The summed E-state index contributed by atoms with van der Waals surface area (Å²) in [5.41, 5.74) is 3.80. The molecule has 0 amide bonds. The smallest absolute Gasteiger partial charge is 0.195 e. The minimum absolute atomic E-state index is 0.587. The maximum absolute atomic E-state index is 5.87. The quantitative estimate of drug-likeness (QED) is 0.347. The number of aromatic nitrogens is 4. The Balaban J connectivity index is 1.84. The average molecular weight is 391 g/mol. The highest BCUT2D eigenvalue weighted by Gasteiger charge is 2.14. The van der Waals surface area contributed by atoms with Gasteiger partial charge in [-0.05, 0) is 42.9 Å². The molecule has 0 bridgehead atoms. The van der Waals surface area contributed by atoms with E-state index in [0.717, 1.165) is 58.7 Å². The number of nitrogens with zero attached hydrogens (tertiary/aromatic N) is 3. The Morgan fingerprint density at radius 2 is 1.96 bits per heavy atom. The number of benzene rings is 2. The molecule has 0 unspecified atom stereocenters. The summed E-state index contributed by atoms with van der Waals surface area (Å²) < 4.78 is 8.34. The third-order valence-corrected chi connectivity index (χ3v) is 5.10. The summed E-state index contributed by atoms with van der Waals surface area (Å²) in [6.45, 7) is 2.88. The molecule has 1 N–H and O–H groups in total. The normalized spacial score (nSPS) is 11.1. The van der Waals surface area contributed by atoms with Gasteiger partial charge in [0.25, 0.3) is 0 Å². The van der Waals surface area contributed by atoms with E-state index in [4.69, 9.17) is 21.9 Å². The zero-order chi connectivity index (χ0) is 19.5. The first-order valence-electron chi connectivity index (χ1n) is 9.42. The second kappa shape index (κ2) is 7.94. The first kappa shape index (κ1) is 18.4. The van der Waals surface area contributed by atoms with Gasteiger partial charge in [-0.1, -0.05) is 43.7 Å². The van der Waals surface area contributed by atoms with Crippen molar-refractivity contribution in [3.8, 4) is 28.4 Å². The summed E-state index contributed by atoms with van der Waals surface area (Å²) >= 11 is 5.30. The van der Waals surface area contributed by atoms with Crippen LogP contribution in [0, 0.1) is 4.77 Å². The SMILES string of the molecule is CCCCOc1cccc(-c2cc(-c3n[nH]c(=S)n3C)c3ccccc3n2)c1. The highest BCUT2D eigenvalue weighted by molar-refractivity contribution is 7.71. The maximum atomic E-state index is 5.87. The second-order valence-electron chi connectivity index (χ2n) is 6.71. The number of ether oxygens (including phenoxy) is 1. The molecule has 0 fully saturated rings. The predicted molar refractivity (Wildman–Crippen MR) is 115 cm³/mol. The van der Waals surface area contributed by atoms with Gasteiger partial charge in [-0.2, -0.15) is 5.10 Å². The molecule has 0 saturated carbocycles. The lowest BCUT2D eigenvalue weighted by Gasteiger charge is -2.11. The van der Waals surface area contributed by atoms with E-state index in [9.17, 15) is 0 Å². The van der Waals surface area contributed by atoms with Gasteiger partial charge in [-0.3, -0.25) is 5.10 Å². The lowest BCUT2D eigenvalue weighted by molar-refractivity contribution is 0.309. The van der Waals surface area contributed by atoms with Crippen molar-refractivity contribution in [1.82, 2.24) is 19.7 Å². The number of nitrogens with one attached hydrogen (secondary N) is 1. The fourth-order valence-corrected chi connectivity index (χ4v) is 3.31. The molecular weight excluding hydrogens is 368 g/mol. The molecule has 2 aromatic carbocycles. The molecule has 2 aromatic heterocycles. The van der Waals surface area contributed by atoms with Gasteiger partial charge in [-0.15, -0.1) is 0 Å². The molecule has 28 heavy (non-hydrogen) atoms. The molecule has 0 aliphatic carbocycles. The van der Waals surface area contributed by atoms with E-state index in [1.165, 1.54) is 0 Å². The molecule has 4 rings (SSSR count). The van der Waals surface area contributed by atoms with Crippen molar-refractivity contribution in [2.24, 2.45) is 7.05 Å². The van der Waals surface area contributed by atoms with Crippen LogP contribution in [0.2, 0.25) is 0 Å². The van der Waals surface area contributed by atoms with E-state index >= 15 is 0 Å². The fraction of sp³-hybridized carbons (Fsp3) is 0.227. The monoisotopic (exact) mass is 390 g/mol. The fourth-order valence-electron chi connectivity index (χ4n) is 3.18. The Morgan fingerprint density at radius 3 is 2.75 bits per heavy atom. The van der Waals surface area contributed by atoms with Crippen LogP contribution in [0.5, 0.6) is 5.75 Å². The topological polar surface area (TPSA) is 55.7 Å². The van der Waals surface area contributed by atoms with Crippen molar-refractivity contribution < 1.29 is 4.74 Å². The zero-order valence-corrected chi connectivity index (χ0v) is 16.8. The van der Waals surface area contributed by atoms with Crippen molar-refractivity contribution in [1.29, 1.82) is 0 Å². The lowest BCUT2D eigenvalue weighted by Crippen LogP contribution is -1.98. The summed E-state index contributed by atoms with van der Waals surface area (Å²) in [5, 5.41) is 8.34. The molecule has 2 heterocycles. The van der Waals surface area contributed by atoms with Crippen molar-refractivity contribution in [2.75, 3.05) is 6.61 Å². The first-order chi connectivity index (χ1) is 13.7. The van der Waals surface area contributed by atoms with Crippen LogP contribution in [0.25, 0.3) is 33.5 Å². The number of para-hydroxylation sites is 1. The summed E-state index contributed by atoms with van der Waals surface area (Å²) in [4.78, 5) is 4.88. The highest BCUT2D eigenvalue weighted by Crippen LogP contribution is 2.32. The Kier molecular flexibility index (Phi) is 5.21. The number of unbranched alkanes of at least 4 members (excludes halogenated alkanes) is 1. The number of H-pyrrole nitrogens is 1. The van der Waals surface area contributed by atoms with Gasteiger partial charge in [0, 0.05) is 23.6 Å². The molecular formula is C22H22N4OS. The van der Waals surface area contributed by atoms with Crippen LogP contribution in [0.3, 0.4) is 0 Å². The molecule has 5 nitrogen and oxygen atoms in total. The van der Waals surface area contributed by atoms with Crippen molar-refractivity contribution in [2.45, 2.75) is 19.8 Å². The average Bonchev–Trinajstić information content (AvgIpc) is 3.06. The van der Waals surface area contributed by atoms with E-state index < -0.39 is 0 Å². The zero-order valence-electron chi connectivity index (χ0n) is 16.0. The summed E-state index contributed by atoms with van der Waals surface area (Å²) in [6.07, 6.45) is 2.16. The van der Waals surface area contributed by atoms with Crippen LogP contribution in [0.4, 0.5) is 0 Å². The number of hydrogen-bond donors (Lipinski definition) is 1. The molecule has 4 aromatic rings. The minimum atomic E-state index is 0.587. The van der Waals surface area contributed by atoms with E-state index in [-0.39, 0.29) is 0 Å². The van der Waals surface area contributed by atoms with E-state index in [0.29, 0.717) is 4.77 Å². The number of rotatable bonds is 6. The number of hydrogen-bond acceptors (Lipinski definition) is 4. The Hall–Kier alpha value is -2.99. The van der Waals surface area contributed by atoms with Gasteiger partial charge in [0.15, 0.2) is 10.6 Å². The molecule has 0 atom stereocenters. The minimum Gasteiger partial charge on any atom is -0.494 e. The lowest BCUT2D eigenvalue weighted by atomic mass is 10.0.